The van der Waals surface area contributed by atoms with Gasteiger partial charge in [0.25, 0.3) is 26.0 Å². The van der Waals surface area contributed by atoms with Gasteiger partial charge in [-0.05, 0) is 86.1 Å². The zero-order chi connectivity index (χ0) is 49.8. The normalized spacial score (nSPS) is 11.8. The SMILES string of the molecule is CC(C)(C)c1ccc(S(=O)(=O)Nc2cc(Cl)cnc2C(=O)NN)cc1.COCC(=O)NC(C)C.COCc1nnc(-c2ncc(Cl)cc2NS(=O)(=O)c2ccc(C(C)(C)C)cc2)n1C(C)C. The Bertz CT molecular complexity index is 2650. The lowest BCUT2D eigenvalue weighted by Crippen LogP contribution is -2.32. The predicted molar refractivity (Wildman–Crippen MR) is 257 cm³/mol. The second-order valence-electron chi connectivity index (χ2n) is 17.3. The number of hydrogen-bond acceptors (Lipinski definition) is 13. The molecule has 0 saturated heterocycles. The van der Waals surface area contributed by atoms with Gasteiger partial charge in [-0.2, -0.15) is 0 Å². The summed E-state index contributed by atoms with van der Waals surface area (Å²) in [7, 11) is -4.74. The molecule has 2 aromatic carbocycles. The fourth-order valence-electron chi connectivity index (χ4n) is 5.89. The molecule has 22 heteroatoms. The molecule has 0 fully saturated rings. The van der Waals surface area contributed by atoms with E-state index in [-0.39, 0.29) is 73.9 Å². The number of aromatic nitrogens is 5. The Balaban J connectivity index is 0.000000302. The maximum Gasteiger partial charge on any atom is 0.285 e. The van der Waals surface area contributed by atoms with Crippen LogP contribution < -0.4 is 26.0 Å². The lowest BCUT2D eigenvalue weighted by molar-refractivity contribution is -0.125. The molecule has 5 rings (SSSR count). The predicted octanol–water partition coefficient (Wildman–Crippen LogP) is 7.41. The maximum atomic E-state index is 13.1. The zero-order valence-corrected chi connectivity index (χ0v) is 42.3. The van der Waals surface area contributed by atoms with E-state index in [2.05, 4.69) is 60.4 Å². The number of hydrogen-bond donors (Lipinski definition) is 5. The van der Waals surface area contributed by atoms with Gasteiger partial charge in [-0.3, -0.25) is 24.5 Å². The van der Waals surface area contributed by atoms with E-state index in [0.29, 0.717) is 22.4 Å². The molecule has 0 aliphatic carbocycles. The largest absolute Gasteiger partial charge is 0.377 e. The van der Waals surface area contributed by atoms with Crippen LogP contribution in [0.5, 0.6) is 0 Å². The van der Waals surface area contributed by atoms with Crippen molar-refractivity contribution in [3.05, 3.63) is 106 Å². The Morgan fingerprint density at radius 2 is 1.20 bits per heavy atom. The molecule has 0 spiro atoms. The molecule has 0 aliphatic rings. The van der Waals surface area contributed by atoms with Gasteiger partial charge < -0.3 is 19.4 Å². The molecule has 360 valence electrons. The lowest BCUT2D eigenvalue weighted by atomic mass is 9.87. The molecule has 18 nitrogen and oxygen atoms in total. The molecule has 0 bridgehead atoms. The van der Waals surface area contributed by atoms with E-state index in [1.165, 1.54) is 43.8 Å². The maximum absolute atomic E-state index is 13.1. The van der Waals surface area contributed by atoms with E-state index in [1.54, 1.807) is 31.4 Å². The summed E-state index contributed by atoms with van der Waals surface area (Å²) in [6, 6.07) is 16.3. The van der Waals surface area contributed by atoms with Crippen LogP contribution in [0.4, 0.5) is 11.4 Å². The summed E-state index contributed by atoms with van der Waals surface area (Å²) in [6.07, 6.45) is 2.67. The minimum atomic E-state index is -3.93. The van der Waals surface area contributed by atoms with Crippen LogP contribution in [0.15, 0.2) is 82.8 Å². The van der Waals surface area contributed by atoms with Crippen molar-refractivity contribution in [2.75, 3.05) is 30.3 Å². The van der Waals surface area contributed by atoms with Crippen molar-refractivity contribution in [2.24, 2.45) is 5.84 Å². The minimum absolute atomic E-state index is 0.00275. The molecule has 3 aromatic heterocycles. The number of hydrazine groups is 1. The number of rotatable bonds is 14. The van der Waals surface area contributed by atoms with E-state index in [0.717, 1.165) is 11.1 Å². The number of methoxy groups -OCH3 is 2. The van der Waals surface area contributed by atoms with Crippen LogP contribution in [-0.4, -0.2) is 80.3 Å². The molecule has 0 aliphatic heterocycles. The summed E-state index contributed by atoms with van der Waals surface area (Å²) in [6.45, 7) is 20.5. The molecule has 0 atom stereocenters. The lowest BCUT2D eigenvalue weighted by Gasteiger charge is -2.19. The molecule has 2 amide bonds. The van der Waals surface area contributed by atoms with Crippen LogP contribution in [0.1, 0.15) is 103 Å². The molecule has 0 unspecified atom stereocenters. The Kier molecular flexibility index (Phi) is 19.6. The second kappa shape index (κ2) is 23.5. The van der Waals surface area contributed by atoms with Crippen LogP contribution in [-0.2, 0) is 51.8 Å². The fourth-order valence-corrected chi connectivity index (χ4v) is 8.32. The van der Waals surface area contributed by atoms with Crippen LogP contribution >= 0.6 is 23.2 Å². The van der Waals surface area contributed by atoms with E-state index >= 15 is 0 Å². The first-order valence-corrected chi connectivity index (χ1v) is 24.2. The first-order chi connectivity index (χ1) is 30.6. The highest BCUT2D eigenvalue weighted by atomic mass is 35.5. The number of ether oxygens (including phenoxy) is 2. The van der Waals surface area contributed by atoms with Crippen LogP contribution in [0, 0.1) is 0 Å². The number of nitrogens with two attached hydrogens (primary N) is 1. The quantitative estimate of drug-likeness (QED) is 0.0413. The highest BCUT2D eigenvalue weighted by Gasteiger charge is 2.25. The molecular formula is C44H60Cl2N10O8S2. The molecular weight excluding hydrogens is 932 g/mol. The van der Waals surface area contributed by atoms with Gasteiger partial charge in [0.1, 0.15) is 18.9 Å². The van der Waals surface area contributed by atoms with Crippen molar-refractivity contribution in [2.45, 2.75) is 109 Å². The van der Waals surface area contributed by atoms with Crippen LogP contribution in [0.2, 0.25) is 10.0 Å². The summed E-state index contributed by atoms with van der Waals surface area (Å²) in [4.78, 5) is 30.7. The standard InChI is InChI=1S/C22H28ClN5O3S.C16H19ClN4O3S.C6H13NO2/c1-14(2)28-19(13-31-6)25-26-21(28)20-18(11-16(23)12-24-20)27-32(29,30)17-9-7-15(8-10-17)22(3,4)5;1-16(2,3)10-4-6-12(7-5-10)25(23,24)21-13-8-11(17)9-19-14(13)15(22)20-18;1-5(2)7-6(8)4-9-3/h7-12,14,27H,13H2,1-6H3;4-9,21H,18H2,1-3H3,(H,20,22);5H,4H2,1-3H3,(H,7,8). The number of pyridine rings is 2. The number of anilines is 2. The van der Waals surface area contributed by atoms with Gasteiger partial charge in [0.05, 0.1) is 31.2 Å². The minimum Gasteiger partial charge on any atom is -0.377 e. The molecule has 3 heterocycles. The van der Waals surface area contributed by atoms with Gasteiger partial charge in [-0.15, -0.1) is 10.2 Å². The van der Waals surface area contributed by atoms with Gasteiger partial charge >= 0.3 is 0 Å². The van der Waals surface area contributed by atoms with Crippen LogP contribution in [0.25, 0.3) is 11.5 Å². The zero-order valence-electron chi connectivity index (χ0n) is 39.1. The van der Waals surface area contributed by atoms with Gasteiger partial charge in [-0.1, -0.05) is 89.0 Å². The fraction of sp³-hybridized carbons (Fsp3) is 0.409. The summed E-state index contributed by atoms with van der Waals surface area (Å²) in [5.74, 6) is 5.33. The Morgan fingerprint density at radius 3 is 1.62 bits per heavy atom. The molecule has 6 N–H and O–H groups in total. The highest BCUT2D eigenvalue weighted by Crippen LogP contribution is 2.32. The number of nitrogens with zero attached hydrogens (tertiary/aromatic N) is 5. The van der Waals surface area contributed by atoms with Crippen molar-refractivity contribution < 1.29 is 35.9 Å². The first kappa shape index (κ1) is 55.1. The third-order valence-corrected chi connectivity index (χ3v) is 12.3. The number of carbonyl (C=O) groups excluding carboxylic acids is 2. The first-order valence-electron chi connectivity index (χ1n) is 20.4. The number of benzene rings is 2. The number of halogens is 2. The Morgan fingerprint density at radius 1 is 0.727 bits per heavy atom. The third-order valence-electron chi connectivity index (χ3n) is 9.10. The van der Waals surface area contributed by atoms with Crippen molar-refractivity contribution in [1.29, 1.82) is 0 Å². The second-order valence-corrected chi connectivity index (χ2v) is 21.6. The molecule has 66 heavy (non-hydrogen) atoms. The summed E-state index contributed by atoms with van der Waals surface area (Å²) in [5.41, 5.74) is 4.07. The Hall–Kier alpha value is -5.22. The number of carbonyl (C=O) groups is 2. The van der Waals surface area contributed by atoms with Gasteiger partial charge in [-0.25, -0.2) is 32.6 Å². The summed E-state index contributed by atoms with van der Waals surface area (Å²) in [5, 5.41) is 11.6. The van der Waals surface area contributed by atoms with Crippen molar-refractivity contribution in [3.8, 4) is 11.5 Å². The van der Waals surface area contributed by atoms with E-state index in [1.807, 2.05) is 70.6 Å². The number of sulfonamides is 2. The highest BCUT2D eigenvalue weighted by molar-refractivity contribution is 7.93. The van der Waals surface area contributed by atoms with E-state index in [9.17, 15) is 26.4 Å². The average Bonchev–Trinajstić information content (AvgIpc) is 3.64. The smallest absolute Gasteiger partial charge is 0.285 e. The number of nitrogens with one attached hydrogen (secondary N) is 4. The monoisotopic (exact) mass is 990 g/mol. The van der Waals surface area contributed by atoms with Crippen molar-refractivity contribution >= 4 is 66.4 Å². The van der Waals surface area contributed by atoms with Gasteiger partial charge in [0.15, 0.2) is 17.3 Å². The van der Waals surface area contributed by atoms with Gasteiger partial charge in [0, 0.05) is 38.7 Å². The van der Waals surface area contributed by atoms with Gasteiger partial charge in [0.2, 0.25) is 5.91 Å². The van der Waals surface area contributed by atoms with E-state index in [4.69, 9.17) is 33.8 Å². The van der Waals surface area contributed by atoms with E-state index < -0.39 is 26.0 Å². The van der Waals surface area contributed by atoms with Crippen LogP contribution in [0.3, 0.4) is 0 Å². The molecule has 5 aromatic rings. The third kappa shape index (κ3) is 15.7. The Labute approximate surface area is 397 Å². The topological polar surface area (TPSA) is 252 Å². The number of amides is 2. The molecule has 0 radical (unpaired) electrons. The molecule has 0 saturated carbocycles. The summed E-state index contributed by atoms with van der Waals surface area (Å²) >= 11 is 12.0. The van der Waals surface area contributed by atoms with Crippen molar-refractivity contribution in [1.82, 2.24) is 35.5 Å². The summed E-state index contributed by atoms with van der Waals surface area (Å²) < 4.78 is 68.1. The number of nitrogen functional groups attached to an aromatic ring is 1. The van der Waals surface area contributed by atoms with Crippen molar-refractivity contribution in [3.63, 3.8) is 0 Å². The average molecular weight is 992 g/mol.